The zero-order chi connectivity index (χ0) is 15.2. The normalized spacial score (nSPS) is 11.5. The van der Waals surface area contributed by atoms with Gasteiger partial charge in [0.15, 0.2) is 0 Å². The van der Waals surface area contributed by atoms with Gasteiger partial charge in [0.2, 0.25) is 5.91 Å². The molecule has 0 bridgehead atoms. The lowest BCUT2D eigenvalue weighted by Gasteiger charge is -2.12. The molecule has 0 heterocycles. The molecule has 0 aliphatic heterocycles. The van der Waals surface area contributed by atoms with E-state index in [9.17, 15) is 10.1 Å². The largest absolute Gasteiger partial charge is 0.324 e. The third-order valence-corrected chi connectivity index (χ3v) is 4.13. The molecule has 1 atom stereocenters. The summed E-state index contributed by atoms with van der Waals surface area (Å²) < 4.78 is 1.63. The third kappa shape index (κ3) is 4.42. The molecule has 0 aromatic heterocycles. The molecule has 0 spiro atoms. The van der Waals surface area contributed by atoms with Gasteiger partial charge in [-0.1, -0.05) is 46.3 Å². The highest BCUT2D eigenvalue weighted by molar-refractivity contribution is 9.11. The summed E-state index contributed by atoms with van der Waals surface area (Å²) in [6.07, 6.45) is 0.398. The number of carbonyl (C=O) groups excluding carboxylic acids is 1. The quantitative estimate of drug-likeness (QED) is 0.809. The van der Waals surface area contributed by atoms with Gasteiger partial charge in [0.05, 0.1) is 11.8 Å². The molecule has 0 aliphatic carbocycles. The summed E-state index contributed by atoms with van der Waals surface area (Å²) in [5.74, 6) is -1.03. The molecular formula is C16H12Br2N2O. The maximum atomic E-state index is 12.2. The Labute approximate surface area is 140 Å². The number of amides is 1. The van der Waals surface area contributed by atoms with Crippen LogP contribution < -0.4 is 5.32 Å². The zero-order valence-electron chi connectivity index (χ0n) is 11.0. The van der Waals surface area contributed by atoms with Crippen molar-refractivity contribution in [3.05, 3.63) is 63.0 Å². The van der Waals surface area contributed by atoms with Crippen molar-refractivity contribution in [1.82, 2.24) is 0 Å². The predicted octanol–water partition coefficient (Wildman–Crippen LogP) is 4.53. The maximum Gasteiger partial charge on any atom is 0.242 e. The Morgan fingerprint density at radius 3 is 2.57 bits per heavy atom. The number of rotatable bonds is 4. The summed E-state index contributed by atoms with van der Waals surface area (Å²) in [5.41, 5.74) is 1.61. The van der Waals surface area contributed by atoms with Gasteiger partial charge in [-0.15, -0.1) is 0 Å². The highest BCUT2D eigenvalue weighted by atomic mass is 79.9. The van der Waals surface area contributed by atoms with Crippen molar-refractivity contribution in [2.24, 2.45) is 5.92 Å². The van der Waals surface area contributed by atoms with E-state index in [4.69, 9.17) is 0 Å². The smallest absolute Gasteiger partial charge is 0.242 e. The van der Waals surface area contributed by atoms with Crippen molar-refractivity contribution in [1.29, 1.82) is 5.26 Å². The number of halogens is 2. The molecule has 3 nitrogen and oxygen atoms in total. The fraction of sp³-hybridized carbons (Fsp3) is 0.125. The van der Waals surface area contributed by atoms with E-state index in [0.717, 1.165) is 14.5 Å². The number of hydrogen-bond donors (Lipinski definition) is 1. The van der Waals surface area contributed by atoms with Gasteiger partial charge >= 0.3 is 0 Å². The van der Waals surface area contributed by atoms with Crippen molar-refractivity contribution in [3.8, 4) is 6.07 Å². The second-order valence-electron chi connectivity index (χ2n) is 4.48. The van der Waals surface area contributed by atoms with Crippen molar-refractivity contribution in [3.63, 3.8) is 0 Å². The van der Waals surface area contributed by atoms with Crippen molar-refractivity contribution in [2.45, 2.75) is 6.42 Å². The van der Waals surface area contributed by atoms with Crippen LogP contribution >= 0.6 is 31.9 Å². The first kappa shape index (κ1) is 15.7. The van der Waals surface area contributed by atoms with Crippen LogP contribution in [-0.2, 0) is 11.2 Å². The Bertz CT molecular complexity index is 680. The van der Waals surface area contributed by atoms with E-state index < -0.39 is 5.92 Å². The molecule has 21 heavy (non-hydrogen) atoms. The van der Waals surface area contributed by atoms with Crippen LogP contribution in [-0.4, -0.2) is 5.91 Å². The Morgan fingerprint density at radius 2 is 1.90 bits per heavy atom. The first-order valence-corrected chi connectivity index (χ1v) is 7.88. The standard InChI is InChI=1S/C16H12Br2N2O/c17-13-6-7-14(18)15(9-13)20-16(21)12(10-19)8-11-4-2-1-3-5-11/h1-7,9,12H,8H2,(H,20,21). The lowest BCUT2D eigenvalue weighted by Crippen LogP contribution is -2.23. The third-order valence-electron chi connectivity index (χ3n) is 2.94. The topological polar surface area (TPSA) is 52.9 Å². The second-order valence-corrected chi connectivity index (χ2v) is 6.25. The van der Waals surface area contributed by atoms with Crippen LogP contribution in [0.25, 0.3) is 0 Å². The molecule has 0 saturated heterocycles. The first-order valence-electron chi connectivity index (χ1n) is 6.29. The maximum absolute atomic E-state index is 12.2. The zero-order valence-corrected chi connectivity index (χ0v) is 14.2. The second kappa shape index (κ2) is 7.39. The molecule has 0 aliphatic rings. The average Bonchev–Trinajstić information content (AvgIpc) is 2.49. The van der Waals surface area contributed by atoms with Gasteiger partial charge in [-0.05, 0) is 46.1 Å². The highest BCUT2D eigenvalue weighted by Gasteiger charge is 2.19. The van der Waals surface area contributed by atoms with Crippen LogP contribution in [0.2, 0.25) is 0 Å². The van der Waals surface area contributed by atoms with Crippen LogP contribution in [0, 0.1) is 17.2 Å². The molecular weight excluding hydrogens is 396 g/mol. The first-order chi connectivity index (χ1) is 10.1. The molecule has 0 radical (unpaired) electrons. The summed E-state index contributed by atoms with van der Waals surface area (Å²) >= 11 is 6.74. The molecule has 2 aromatic rings. The molecule has 1 N–H and O–H groups in total. The Hall–Kier alpha value is -1.64. The van der Waals surface area contributed by atoms with Crippen LogP contribution in [0.15, 0.2) is 57.5 Å². The minimum atomic E-state index is -0.724. The number of carbonyl (C=O) groups is 1. The van der Waals surface area contributed by atoms with Crippen LogP contribution in [0.4, 0.5) is 5.69 Å². The van der Waals surface area contributed by atoms with E-state index in [0.29, 0.717) is 12.1 Å². The van der Waals surface area contributed by atoms with E-state index in [-0.39, 0.29) is 5.91 Å². The van der Waals surface area contributed by atoms with Gasteiger partial charge < -0.3 is 5.32 Å². The van der Waals surface area contributed by atoms with Crippen molar-refractivity contribution < 1.29 is 4.79 Å². The lowest BCUT2D eigenvalue weighted by molar-refractivity contribution is -0.118. The summed E-state index contributed by atoms with van der Waals surface area (Å²) in [6, 6.07) is 17.1. The van der Waals surface area contributed by atoms with Crippen LogP contribution in [0.1, 0.15) is 5.56 Å². The number of benzene rings is 2. The van der Waals surface area contributed by atoms with E-state index in [1.807, 2.05) is 42.5 Å². The Morgan fingerprint density at radius 1 is 1.19 bits per heavy atom. The van der Waals surface area contributed by atoms with Crippen molar-refractivity contribution >= 4 is 43.5 Å². The van der Waals surface area contributed by atoms with Crippen molar-refractivity contribution in [2.75, 3.05) is 5.32 Å². The summed E-state index contributed by atoms with van der Waals surface area (Å²) in [6.45, 7) is 0. The Kier molecular flexibility index (Phi) is 5.54. The predicted molar refractivity (Wildman–Crippen MR) is 89.7 cm³/mol. The summed E-state index contributed by atoms with van der Waals surface area (Å²) in [4.78, 5) is 12.2. The van der Waals surface area contributed by atoms with E-state index in [2.05, 4.69) is 43.2 Å². The number of nitrogens with zero attached hydrogens (tertiary/aromatic N) is 1. The molecule has 2 aromatic carbocycles. The molecule has 5 heteroatoms. The highest BCUT2D eigenvalue weighted by Crippen LogP contribution is 2.26. The summed E-state index contributed by atoms with van der Waals surface area (Å²) in [7, 11) is 0. The lowest BCUT2D eigenvalue weighted by atomic mass is 10.00. The molecule has 106 valence electrons. The Balaban J connectivity index is 2.10. The number of nitriles is 1. The number of hydrogen-bond acceptors (Lipinski definition) is 2. The van der Waals surface area contributed by atoms with Gasteiger partial charge in [0.1, 0.15) is 5.92 Å². The molecule has 1 unspecified atom stereocenters. The van der Waals surface area contributed by atoms with Gasteiger partial charge in [0.25, 0.3) is 0 Å². The summed E-state index contributed by atoms with van der Waals surface area (Å²) in [5, 5.41) is 12.0. The van der Waals surface area contributed by atoms with E-state index >= 15 is 0 Å². The van der Waals surface area contributed by atoms with E-state index in [1.54, 1.807) is 6.07 Å². The molecule has 2 rings (SSSR count). The van der Waals surface area contributed by atoms with Gasteiger partial charge in [-0.2, -0.15) is 5.26 Å². The van der Waals surface area contributed by atoms with E-state index in [1.165, 1.54) is 0 Å². The molecule has 1 amide bonds. The fourth-order valence-corrected chi connectivity index (χ4v) is 2.57. The fourth-order valence-electron chi connectivity index (χ4n) is 1.86. The van der Waals surface area contributed by atoms with Crippen LogP contribution in [0.5, 0.6) is 0 Å². The van der Waals surface area contributed by atoms with Crippen LogP contribution in [0.3, 0.4) is 0 Å². The minimum absolute atomic E-state index is 0.305. The van der Waals surface area contributed by atoms with Gasteiger partial charge in [-0.25, -0.2) is 0 Å². The monoisotopic (exact) mass is 406 g/mol. The SMILES string of the molecule is N#CC(Cc1ccccc1)C(=O)Nc1cc(Br)ccc1Br. The molecule has 0 saturated carbocycles. The number of anilines is 1. The minimum Gasteiger partial charge on any atom is -0.324 e. The van der Waals surface area contributed by atoms with Gasteiger partial charge in [0, 0.05) is 8.95 Å². The average molecular weight is 408 g/mol. The number of nitrogens with one attached hydrogen (secondary N) is 1. The van der Waals surface area contributed by atoms with Gasteiger partial charge in [-0.3, -0.25) is 4.79 Å². The molecule has 0 fully saturated rings.